The van der Waals surface area contributed by atoms with Gasteiger partial charge in [0, 0.05) is 0 Å². The summed E-state index contributed by atoms with van der Waals surface area (Å²) in [4.78, 5) is 22.6. The van der Waals surface area contributed by atoms with Crippen molar-refractivity contribution in [1.29, 1.82) is 0 Å². The third-order valence-electron chi connectivity index (χ3n) is 3.19. The topological polar surface area (TPSA) is 43.4 Å². The fourth-order valence-electron chi connectivity index (χ4n) is 1.65. The molecule has 1 heterocycles. The average molecular weight is 196 g/mol. The molecule has 78 valence electrons. The minimum Gasteiger partial charge on any atom is -0.392 e. The molecule has 2 radical (unpaired) electrons. The Balaban J connectivity index is 2.98. The second kappa shape index (κ2) is 3.37. The summed E-state index contributed by atoms with van der Waals surface area (Å²) in [6.07, 6.45) is 0. The van der Waals surface area contributed by atoms with Gasteiger partial charge in [-0.15, -0.1) is 0 Å². The Bertz CT molecular complexity index is 266. The number of esters is 2. The number of carbonyl (C=O) groups excluding carboxylic acids is 2. The zero-order valence-corrected chi connectivity index (χ0v) is 9.30. The fourth-order valence-corrected chi connectivity index (χ4v) is 1.65. The lowest BCUT2D eigenvalue weighted by molar-refractivity contribution is -0.153. The molecule has 1 aliphatic rings. The van der Waals surface area contributed by atoms with Gasteiger partial charge in [0.1, 0.15) is 0 Å². The quantitative estimate of drug-likeness (QED) is 0.500. The van der Waals surface area contributed by atoms with Gasteiger partial charge < -0.3 is 4.74 Å². The van der Waals surface area contributed by atoms with E-state index in [0.717, 1.165) is 5.92 Å². The number of hydrogen-bond acceptors (Lipinski definition) is 3. The monoisotopic (exact) mass is 196 g/mol. The molecule has 0 spiro atoms. The molecule has 0 saturated carbocycles. The first kappa shape index (κ1) is 11.2. The Morgan fingerprint density at radius 3 is 2.07 bits per heavy atom. The molecule has 0 aliphatic carbocycles. The Labute approximate surface area is 84.8 Å². The van der Waals surface area contributed by atoms with Gasteiger partial charge in [-0.05, 0) is 18.3 Å². The maximum atomic E-state index is 11.5. The van der Waals surface area contributed by atoms with Gasteiger partial charge in [0.25, 0.3) is 0 Å². The van der Waals surface area contributed by atoms with Gasteiger partial charge >= 0.3 is 11.9 Å². The van der Waals surface area contributed by atoms with Gasteiger partial charge in [0.05, 0.1) is 11.8 Å². The maximum absolute atomic E-state index is 11.5. The summed E-state index contributed by atoms with van der Waals surface area (Å²) in [5.74, 6) is 0.322. The molecule has 1 aliphatic heterocycles. The highest BCUT2D eigenvalue weighted by atomic mass is 16.6. The lowest BCUT2D eigenvalue weighted by Gasteiger charge is -2.33. The summed E-state index contributed by atoms with van der Waals surface area (Å²) in [5, 5.41) is 0. The molecule has 0 aromatic rings. The van der Waals surface area contributed by atoms with Crippen molar-refractivity contribution in [2.75, 3.05) is 0 Å². The second-order valence-corrected chi connectivity index (χ2v) is 4.55. The van der Waals surface area contributed by atoms with Crippen LogP contribution in [0.15, 0.2) is 0 Å². The van der Waals surface area contributed by atoms with Crippen molar-refractivity contribution in [2.24, 2.45) is 11.3 Å². The number of rotatable bonds is 2. The van der Waals surface area contributed by atoms with Crippen molar-refractivity contribution in [3.05, 3.63) is 11.8 Å². The van der Waals surface area contributed by atoms with E-state index in [4.69, 9.17) is 0 Å². The second-order valence-electron chi connectivity index (χ2n) is 4.55. The molecule has 1 saturated heterocycles. The molecule has 1 rings (SSSR count). The van der Waals surface area contributed by atoms with E-state index in [1.807, 2.05) is 27.7 Å². The smallest absolute Gasteiger partial charge is 0.321 e. The van der Waals surface area contributed by atoms with Crippen LogP contribution >= 0.6 is 0 Å². The minimum absolute atomic E-state index is 0.312. The summed E-state index contributed by atoms with van der Waals surface area (Å²) in [6, 6.07) is 0. The van der Waals surface area contributed by atoms with Gasteiger partial charge in [0.15, 0.2) is 0 Å². The number of cyclic esters (lactones) is 2. The van der Waals surface area contributed by atoms with E-state index in [9.17, 15) is 9.59 Å². The van der Waals surface area contributed by atoms with Crippen LogP contribution in [0.1, 0.15) is 34.6 Å². The lowest BCUT2D eigenvalue weighted by atomic mass is 9.67. The van der Waals surface area contributed by atoms with Crippen LogP contribution in [0, 0.1) is 23.2 Å². The van der Waals surface area contributed by atoms with E-state index in [2.05, 4.69) is 4.74 Å². The zero-order chi connectivity index (χ0) is 11.1. The Morgan fingerprint density at radius 2 is 1.79 bits per heavy atom. The molecule has 14 heavy (non-hydrogen) atoms. The maximum Gasteiger partial charge on any atom is 0.321 e. The van der Waals surface area contributed by atoms with Crippen LogP contribution in [0.3, 0.4) is 0 Å². The van der Waals surface area contributed by atoms with E-state index >= 15 is 0 Å². The first-order valence-corrected chi connectivity index (χ1v) is 4.68. The summed E-state index contributed by atoms with van der Waals surface area (Å²) in [5.41, 5.74) is -0.312. The molecule has 1 fully saturated rings. The van der Waals surface area contributed by atoms with Crippen molar-refractivity contribution < 1.29 is 14.3 Å². The molecule has 0 N–H and O–H groups in total. The largest absolute Gasteiger partial charge is 0.392 e. The summed E-state index contributed by atoms with van der Waals surface area (Å²) >= 11 is 0. The van der Waals surface area contributed by atoms with Crippen molar-refractivity contribution >= 4 is 11.9 Å². The molecule has 0 aromatic heterocycles. The van der Waals surface area contributed by atoms with Crippen LogP contribution < -0.4 is 0 Å². The van der Waals surface area contributed by atoms with E-state index in [-0.39, 0.29) is 5.41 Å². The third kappa shape index (κ3) is 1.56. The van der Waals surface area contributed by atoms with E-state index in [0.29, 0.717) is 5.92 Å². The molecule has 0 bridgehead atoms. The molecular weight excluding hydrogens is 180 g/mol. The van der Waals surface area contributed by atoms with Crippen molar-refractivity contribution in [3.63, 3.8) is 0 Å². The molecule has 1 atom stereocenters. The van der Waals surface area contributed by atoms with Gasteiger partial charge in [-0.1, -0.05) is 27.7 Å². The zero-order valence-electron chi connectivity index (χ0n) is 9.30. The van der Waals surface area contributed by atoms with Crippen LogP contribution in [0.4, 0.5) is 0 Å². The Hall–Kier alpha value is -0.860. The predicted molar refractivity (Wildman–Crippen MR) is 51.9 cm³/mol. The lowest BCUT2D eigenvalue weighted by Crippen LogP contribution is -2.34. The standard InChI is InChI=1S/C11H16O3/c1-6(2)11(4,5)8-7(3)9(12)14-10(8)13/h8H,1-5H3. The molecule has 3 nitrogen and oxygen atoms in total. The van der Waals surface area contributed by atoms with E-state index in [1.165, 1.54) is 0 Å². The molecule has 3 heteroatoms. The molecule has 0 amide bonds. The van der Waals surface area contributed by atoms with Gasteiger partial charge in [-0.3, -0.25) is 9.59 Å². The SMILES string of the molecule is C[C]1C(=O)OC(=O)C1C(C)(C)[C](C)C. The molecule has 1 unspecified atom stereocenters. The van der Waals surface area contributed by atoms with E-state index in [1.54, 1.807) is 6.92 Å². The third-order valence-corrected chi connectivity index (χ3v) is 3.19. The van der Waals surface area contributed by atoms with Crippen molar-refractivity contribution in [2.45, 2.75) is 34.6 Å². The Kier molecular flexibility index (Phi) is 2.70. The van der Waals surface area contributed by atoms with Crippen LogP contribution in [-0.2, 0) is 14.3 Å². The van der Waals surface area contributed by atoms with Crippen LogP contribution in [-0.4, -0.2) is 11.9 Å². The molecule has 0 aromatic carbocycles. The van der Waals surface area contributed by atoms with Gasteiger partial charge in [0.2, 0.25) is 0 Å². The number of hydrogen-bond donors (Lipinski definition) is 0. The Morgan fingerprint density at radius 1 is 1.29 bits per heavy atom. The summed E-state index contributed by atoms with van der Waals surface area (Å²) in [6.45, 7) is 9.50. The normalized spacial score (nSPS) is 24.6. The van der Waals surface area contributed by atoms with Gasteiger partial charge in [-0.25, -0.2) is 0 Å². The van der Waals surface area contributed by atoms with Crippen molar-refractivity contribution in [3.8, 4) is 0 Å². The van der Waals surface area contributed by atoms with Gasteiger partial charge in [-0.2, -0.15) is 0 Å². The van der Waals surface area contributed by atoms with Crippen molar-refractivity contribution in [1.82, 2.24) is 0 Å². The van der Waals surface area contributed by atoms with Crippen LogP contribution in [0.25, 0.3) is 0 Å². The summed E-state index contributed by atoms with van der Waals surface area (Å²) in [7, 11) is 0. The van der Waals surface area contributed by atoms with Crippen LogP contribution in [0.2, 0.25) is 0 Å². The average Bonchev–Trinajstić information content (AvgIpc) is 2.26. The first-order valence-electron chi connectivity index (χ1n) is 4.68. The highest BCUT2D eigenvalue weighted by Crippen LogP contribution is 2.45. The highest BCUT2D eigenvalue weighted by Gasteiger charge is 2.51. The fraction of sp³-hybridized carbons (Fsp3) is 0.636. The summed E-state index contributed by atoms with van der Waals surface area (Å²) < 4.78 is 4.59. The predicted octanol–water partition coefficient (Wildman–Crippen LogP) is 1.92. The molecular formula is C11H16O3. The number of ether oxygens (including phenoxy) is 1. The minimum atomic E-state index is -0.477. The highest BCUT2D eigenvalue weighted by molar-refractivity contribution is 6.04. The first-order chi connectivity index (χ1) is 6.28. The number of carbonyl (C=O) groups is 2. The van der Waals surface area contributed by atoms with Crippen LogP contribution in [0.5, 0.6) is 0 Å². The van der Waals surface area contributed by atoms with E-state index < -0.39 is 17.9 Å².